The molecule has 0 N–H and O–H groups in total. The molecule has 2 fully saturated rings. The molecule has 0 unspecified atom stereocenters. The van der Waals surface area contributed by atoms with E-state index in [4.69, 9.17) is 11.6 Å². The van der Waals surface area contributed by atoms with Gasteiger partial charge in [0.15, 0.2) is 0 Å². The predicted molar refractivity (Wildman–Crippen MR) is 79.3 cm³/mol. The lowest BCUT2D eigenvalue weighted by atomic mass is 10.2. The first-order valence-corrected chi connectivity index (χ1v) is 9.08. The summed E-state index contributed by atoms with van der Waals surface area (Å²) in [6, 6.07) is 4.48. The fraction of sp³-hybridized carbons (Fsp3) is 0.571. The zero-order chi connectivity index (χ0) is 15.0. The number of hydrogen-bond acceptors (Lipinski definition) is 3. The molecule has 116 valence electrons. The molecule has 0 bridgehead atoms. The molecule has 1 saturated carbocycles. The first-order chi connectivity index (χ1) is 10.0. The van der Waals surface area contributed by atoms with E-state index in [1.165, 1.54) is 35.3 Å². The standard InChI is InChI=1S/C14H18ClFN2O2S/c15-10-11-9-13(3-4-14(11)16)21(19,20)18-7-5-17(6-8-18)12-1-2-12/h3-4,9,12H,1-2,5-8,10H2. The van der Waals surface area contributed by atoms with Crippen LogP contribution in [0.5, 0.6) is 0 Å². The first kappa shape index (κ1) is 15.2. The Hall–Kier alpha value is -0.690. The van der Waals surface area contributed by atoms with Gasteiger partial charge in [-0.25, -0.2) is 12.8 Å². The van der Waals surface area contributed by atoms with Crippen molar-refractivity contribution in [2.24, 2.45) is 0 Å². The molecule has 3 rings (SSSR count). The minimum absolute atomic E-state index is 0.0371. The van der Waals surface area contributed by atoms with Crippen LogP contribution in [-0.4, -0.2) is 49.8 Å². The number of halogens is 2. The monoisotopic (exact) mass is 332 g/mol. The summed E-state index contributed by atoms with van der Waals surface area (Å²) >= 11 is 5.65. The third kappa shape index (κ3) is 3.08. The van der Waals surface area contributed by atoms with E-state index >= 15 is 0 Å². The lowest BCUT2D eigenvalue weighted by molar-refractivity contribution is 0.180. The second kappa shape index (κ2) is 5.83. The van der Waals surface area contributed by atoms with Gasteiger partial charge in [-0.3, -0.25) is 4.90 Å². The van der Waals surface area contributed by atoms with Crippen molar-refractivity contribution < 1.29 is 12.8 Å². The van der Waals surface area contributed by atoms with Gasteiger partial charge in [-0.05, 0) is 31.0 Å². The minimum Gasteiger partial charge on any atom is -0.298 e. The summed E-state index contributed by atoms with van der Waals surface area (Å²) in [5, 5.41) is 0. The second-order valence-corrected chi connectivity index (χ2v) is 7.76. The Morgan fingerprint density at radius 3 is 2.43 bits per heavy atom. The molecule has 1 saturated heterocycles. The van der Waals surface area contributed by atoms with Gasteiger partial charge in [-0.2, -0.15) is 4.31 Å². The summed E-state index contributed by atoms with van der Waals surface area (Å²) in [7, 11) is -3.56. The molecule has 0 aromatic heterocycles. The molecule has 7 heteroatoms. The number of hydrogen-bond donors (Lipinski definition) is 0. The van der Waals surface area contributed by atoms with Gasteiger partial charge < -0.3 is 0 Å². The highest BCUT2D eigenvalue weighted by atomic mass is 35.5. The lowest BCUT2D eigenvalue weighted by Crippen LogP contribution is -2.49. The fourth-order valence-corrected chi connectivity index (χ4v) is 4.39. The minimum atomic E-state index is -3.56. The van der Waals surface area contributed by atoms with Crippen molar-refractivity contribution in [2.75, 3.05) is 26.2 Å². The van der Waals surface area contributed by atoms with E-state index in [1.54, 1.807) is 0 Å². The van der Waals surface area contributed by atoms with Gasteiger partial charge in [0.05, 0.1) is 10.8 Å². The Morgan fingerprint density at radius 1 is 1.19 bits per heavy atom. The average Bonchev–Trinajstić information content (AvgIpc) is 3.32. The Balaban J connectivity index is 1.77. The SMILES string of the molecule is O=S(=O)(c1ccc(F)c(CCl)c1)N1CCN(C2CC2)CC1. The van der Waals surface area contributed by atoms with E-state index in [0.717, 1.165) is 13.1 Å². The number of nitrogens with zero attached hydrogens (tertiary/aromatic N) is 2. The average molecular weight is 333 g/mol. The maximum atomic E-state index is 13.4. The number of alkyl halides is 1. The molecule has 0 amide bonds. The molecule has 21 heavy (non-hydrogen) atoms. The first-order valence-electron chi connectivity index (χ1n) is 7.11. The van der Waals surface area contributed by atoms with Gasteiger partial charge in [-0.15, -0.1) is 11.6 Å². The molecular weight excluding hydrogens is 315 g/mol. The lowest BCUT2D eigenvalue weighted by Gasteiger charge is -2.34. The topological polar surface area (TPSA) is 40.6 Å². The highest BCUT2D eigenvalue weighted by Crippen LogP contribution is 2.29. The number of sulfonamides is 1. The van der Waals surface area contributed by atoms with Crippen molar-refractivity contribution >= 4 is 21.6 Å². The molecule has 1 aliphatic heterocycles. The van der Waals surface area contributed by atoms with Crippen LogP contribution in [0.15, 0.2) is 23.1 Å². The Morgan fingerprint density at radius 2 is 1.86 bits per heavy atom. The van der Waals surface area contributed by atoms with Gasteiger partial charge >= 0.3 is 0 Å². The van der Waals surface area contributed by atoms with Crippen LogP contribution in [0.4, 0.5) is 4.39 Å². The molecule has 1 aromatic carbocycles. The van der Waals surface area contributed by atoms with Crippen LogP contribution in [0, 0.1) is 5.82 Å². The van der Waals surface area contributed by atoms with Crippen molar-refractivity contribution in [2.45, 2.75) is 29.7 Å². The molecule has 1 aromatic rings. The van der Waals surface area contributed by atoms with Crippen molar-refractivity contribution in [3.8, 4) is 0 Å². The van der Waals surface area contributed by atoms with Crippen LogP contribution in [0.1, 0.15) is 18.4 Å². The van der Waals surface area contributed by atoms with Crippen molar-refractivity contribution in [1.29, 1.82) is 0 Å². The number of piperazine rings is 1. The van der Waals surface area contributed by atoms with Crippen molar-refractivity contribution in [1.82, 2.24) is 9.21 Å². The second-order valence-electron chi connectivity index (χ2n) is 5.56. The highest BCUT2D eigenvalue weighted by molar-refractivity contribution is 7.89. The molecular formula is C14H18ClFN2O2S. The van der Waals surface area contributed by atoms with Crippen molar-refractivity contribution in [3.63, 3.8) is 0 Å². The summed E-state index contributed by atoms with van der Waals surface area (Å²) in [4.78, 5) is 2.47. The van der Waals surface area contributed by atoms with Crippen LogP contribution in [0.25, 0.3) is 0 Å². The third-order valence-corrected chi connectivity index (χ3v) is 6.32. The summed E-state index contributed by atoms with van der Waals surface area (Å²) < 4.78 is 40.1. The van der Waals surface area contributed by atoms with Crippen LogP contribution < -0.4 is 0 Å². The zero-order valence-corrected chi connectivity index (χ0v) is 13.2. The maximum absolute atomic E-state index is 13.4. The van der Waals surface area contributed by atoms with Gasteiger partial charge in [0.1, 0.15) is 5.82 Å². The number of benzene rings is 1. The summed E-state index contributed by atoms with van der Waals surface area (Å²) in [5.41, 5.74) is 0.217. The Bertz CT molecular complexity index is 626. The van der Waals surface area contributed by atoms with E-state index in [-0.39, 0.29) is 16.3 Å². The number of rotatable bonds is 4. The quantitative estimate of drug-likeness (QED) is 0.792. The van der Waals surface area contributed by atoms with Crippen LogP contribution >= 0.6 is 11.6 Å². The largest absolute Gasteiger partial charge is 0.298 e. The molecule has 4 nitrogen and oxygen atoms in total. The van der Waals surface area contributed by atoms with Gasteiger partial charge in [0.2, 0.25) is 10.0 Å². The van der Waals surface area contributed by atoms with Gasteiger partial charge in [0.25, 0.3) is 0 Å². The maximum Gasteiger partial charge on any atom is 0.243 e. The third-order valence-electron chi connectivity index (χ3n) is 4.14. The smallest absolute Gasteiger partial charge is 0.243 e. The molecule has 0 atom stereocenters. The normalized spacial score (nSPS) is 21.6. The summed E-state index contributed by atoms with van der Waals surface area (Å²) in [5.74, 6) is -0.507. The summed E-state index contributed by atoms with van der Waals surface area (Å²) in [6.45, 7) is 2.53. The van der Waals surface area contributed by atoms with E-state index in [1.807, 2.05) is 0 Å². The van der Waals surface area contributed by atoms with Gasteiger partial charge in [0, 0.05) is 37.8 Å². The van der Waals surface area contributed by atoms with Crippen LogP contribution in [0.3, 0.4) is 0 Å². The molecule has 0 spiro atoms. The van der Waals surface area contributed by atoms with Crippen molar-refractivity contribution in [3.05, 3.63) is 29.6 Å². The predicted octanol–water partition coefficient (Wildman–Crippen LogP) is 2.03. The van der Waals surface area contributed by atoms with Crippen LogP contribution in [-0.2, 0) is 15.9 Å². The van der Waals surface area contributed by atoms with E-state index in [2.05, 4.69) is 4.90 Å². The Labute approximate surface area is 129 Å². The zero-order valence-electron chi connectivity index (χ0n) is 11.6. The van der Waals surface area contributed by atoms with Gasteiger partial charge in [-0.1, -0.05) is 0 Å². The van der Waals surface area contributed by atoms with E-state index in [0.29, 0.717) is 19.1 Å². The molecule has 2 aliphatic rings. The van der Waals surface area contributed by atoms with Crippen LogP contribution in [0.2, 0.25) is 0 Å². The molecule has 1 aliphatic carbocycles. The fourth-order valence-electron chi connectivity index (χ4n) is 2.71. The Kier molecular flexibility index (Phi) is 4.23. The van der Waals surface area contributed by atoms with E-state index in [9.17, 15) is 12.8 Å². The molecule has 0 radical (unpaired) electrons. The molecule has 1 heterocycles. The highest BCUT2D eigenvalue weighted by Gasteiger charge is 2.34. The van der Waals surface area contributed by atoms with E-state index < -0.39 is 15.8 Å². The summed E-state index contributed by atoms with van der Waals surface area (Å²) in [6.07, 6.45) is 2.45.